The summed E-state index contributed by atoms with van der Waals surface area (Å²) >= 11 is 0. The highest BCUT2D eigenvalue weighted by Crippen LogP contribution is 2.24. The van der Waals surface area contributed by atoms with Crippen molar-refractivity contribution >= 4 is 33.9 Å². The first-order valence-corrected chi connectivity index (χ1v) is 13.5. The fourth-order valence-corrected chi connectivity index (χ4v) is 5.32. The van der Waals surface area contributed by atoms with Crippen molar-refractivity contribution in [2.24, 2.45) is 5.73 Å². The lowest BCUT2D eigenvalue weighted by Crippen LogP contribution is -2.44. The second-order valence-electron chi connectivity index (χ2n) is 9.94. The number of benzene rings is 1. The van der Waals surface area contributed by atoms with Crippen LogP contribution in [0.25, 0.3) is 21.9 Å². The van der Waals surface area contributed by atoms with E-state index in [1.807, 2.05) is 42.2 Å². The van der Waals surface area contributed by atoms with Crippen LogP contribution in [-0.4, -0.2) is 55.4 Å². The molecule has 208 valence electrons. The van der Waals surface area contributed by atoms with E-state index in [-0.39, 0.29) is 43.4 Å². The Bertz CT molecular complexity index is 1770. The standard InChI is InChI=1S/C29H33N7O4/c1-4-6-14-34-25-26(32-28(34)33-13-9-11-21(30)16-33)35(18-24(37)40-5-2)29(39)36(27(25)38)17-23-22-12-8-7-10-20(22)15-19(3)31-23/h7-8,10,12,15,21H,5,9,11,13-14,16-18,30H2,1-3H3. The Morgan fingerprint density at radius 1 is 1.18 bits per heavy atom. The second-order valence-corrected chi connectivity index (χ2v) is 9.94. The van der Waals surface area contributed by atoms with Gasteiger partial charge in [0, 0.05) is 30.2 Å². The van der Waals surface area contributed by atoms with E-state index in [1.54, 1.807) is 18.4 Å². The van der Waals surface area contributed by atoms with Crippen LogP contribution in [-0.2, 0) is 29.2 Å². The Hall–Kier alpha value is -4.43. The molecule has 0 bridgehead atoms. The van der Waals surface area contributed by atoms with Crippen molar-refractivity contribution in [3.8, 4) is 11.8 Å². The molecule has 11 heteroatoms. The number of esters is 1. The van der Waals surface area contributed by atoms with Gasteiger partial charge in [-0.2, -0.15) is 4.98 Å². The molecular formula is C29H33N7O4. The maximum Gasteiger partial charge on any atom is 0.333 e. The van der Waals surface area contributed by atoms with E-state index >= 15 is 0 Å². The molecule has 1 unspecified atom stereocenters. The maximum absolute atomic E-state index is 14.1. The summed E-state index contributed by atoms with van der Waals surface area (Å²) in [5, 5.41) is 1.79. The van der Waals surface area contributed by atoms with Gasteiger partial charge in [-0.15, -0.1) is 5.92 Å². The number of rotatable bonds is 7. The van der Waals surface area contributed by atoms with Crippen LogP contribution in [0.4, 0.5) is 5.95 Å². The summed E-state index contributed by atoms with van der Waals surface area (Å²) in [4.78, 5) is 52.1. The first-order valence-electron chi connectivity index (χ1n) is 13.5. The molecule has 11 nitrogen and oxygen atoms in total. The van der Waals surface area contributed by atoms with Crippen molar-refractivity contribution in [3.63, 3.8) is 0 Å². The average molecular weight is 544 g/mol. The van der Waals surface area contributed by atoms with Crippen LogP contribution in [0.1, 0.15) is 38.1 Å². The summed E-state index contributed by atoms with van der Waals surface area (Å²) in [5.41, 5.74) is 6.74. The normalized spacial score (nSPS) is 15.3. The zero-order valence-electron chi connectivity index (χ0n) is 23.0. The number of nitrogens with two attached hydrogens (primary N) is 1. The Kier molecular flexibility index (Phi) is 7.71. The molecule has 3 aromatic heterocycles. The summed E-state index contributed by atoms with van der Waals surface area (Å²) < 4.78 is 9.23. The fraction of sp³-hybridized carbons (Fsp3) is 0.414. The summed E-state index contributed by atoms with van der Waals surface area (Å²) in [6, 6.07) is 9.61. The molecule has 0 amide bonds. The van der Waals surface area contributed by atoms with Crippen LogP contribution in [0.5, 0.6) is 0 Å². The van der Waals surface area contributed by atoms with E-state index in [0.717, 1.165) is 33.9 Å². The van der Waals surface area contributed by atoms with Crippen molar-refractivity contribution < 1.29 is 9.53 Å². The number of carbonyl (C=O) groups is 1. The number of hydrogen-bond donors (Lipinski definition) is 1. The van der Waals surface area contributed by atoms with Gasteiger partial charge in [-0.1, -0.05) is 30.2 Å². The van der Waals surface area contributed by atoms with E-state index in [9.17, 15) is 14.4 Å². The van der Waals surface area contributed by atoms with Gasteiger partial charge in [0.15, 0.2) is 11.2 Å². The molecule has 0 radical (unpaired) electrons. The van der Waals surface area contributed by atoms with Crippen LogP contribution in [0.15, 0.2) is 39.9 Å². The van der Waals surface area contributed by atoms with Gasteiger partial charge in [-0.25, -0.2) is 4.79 Å². The number of aryl methyl sites for hydroxylation is 1. The highest BCUT2D eigenvalue weighted by atomic mass is 16.5. The minimum atomic E-state index is -0.661. The smallest absolute Gasteiger partial charge is 0.333 e. The topological polar surface area (TPSA) is 130 Å². The SMILES string of the molecule is CC#CCn1c(N2CCCC(N)C2)nc2c1c(=O)n(Cc1nc(C)cc3ccccc13)c(=O)n2CC(=O)OCC. The molecule has 1 atom stereocenters. The van der Waals surface area contributed by atoms with Gasteiger partial charge in [0.1, 0.15) is 6.54 Å². The highest BCUT2D eigenvalue weighted by Gasteiger charge is 2.28. The molecule has 2 N–H and O–H groups in total. The third-order valence-corrected chi connectivity index (χ3v) is 7.10. The van der Waals surface area contributed by atoms with Crippen LogP contribution in [0.3, 0.4) is 0 Å². The van der Waals surface area contributed by atoms with Crippen molar-refractivity contribution in [1.29, 1.82) is 0 Å². The lowest BCUT2D eigenvalue weighted by atomic mass is 10.1. The number of fused-ring (bicyclic) bond motifs is 2. The summed E-state index contributed by atoms with van der Waals surface area (Å²) in [5.74, 6) is 5.82. The lowest BCUT2D eigenvalue weighted by Gasteiger charge is -2.31. The molecule has 0 aliphatic carbocycles. The predicted octanol–water partition coefficient (Wildman–Crippen LogP) is 1.78. The molecule has 0 saturated carbocycles. The largest absolute Gasteiger partial charge is 0.465 e. The summed E-state index contributed by atoms with van der Waals surface area (Å²) in [6.07, 6.45) is 1.76. The van der Waals surface area contributed by atoms with Crippen LogP contribution in [0.2, 0.25) is 0 Å². The van der Waals surface area contributed by atoms with Crippen LogP contribution >= 0.6 is 0 Å². The molecule has 4 heterocycles. The minimum absolute atomic E-state index is 0.0432. The second kappa shape index (κ2) is 11.4. The van der Waals surface area contributed by atoms with E-state index in [0.29, 0.717) is 24.7 Å². The Labute approximate surface area is 231 Å². The van der Waals surface area contributed by atoms with Crippen molar-refractivity contribution in [2.75, 3.05) is 24.6 Å². The van der Waals surface area contributed by atoms with Crippen molar-refractivity contribution in [3.05, 3.63) is 62.6 Å². The number of piperidine rings is 1. The average Bonchev–Trinajstić information content (AvgIpc) is 3.31. The van der Waals surface area contributed by atoms with Crippen molar-refractivity contribution in [1.82, 2.24) is 23.7 Å². The lowest BCUT2D eigenvalue weighted by molar-refractivity contribution is -0.143. The molecular weight excluding hydrogens is 510 g/mol. The first kappa shape index (κ1) is 27.1. The number of anilines is 1. The zero-order valence-corrected chi connectivity index (χ0v) is 23.0. The fourth-order valence-electron chi connectivity index (χ4n) is 5.32. The van der Waals surface area contributed by atoms with Gasteiger partial charge in [0.05, 0.1) is 25.4 Å². The quantitative estimate of drug-likeness (QED) is 0.276. The molecule has 1 saturated heterocycles. The maximum atomic E-state index is 14.1. The van der Waals surface area contributed by atoms with Gasteiger partial charge < -0.3 is 15.4 Å². The number of ether oxygens (including phenoxy) is 1. The number of pyridine rings is 1. The molecule has 4 aromatic rings. The Morgan fingerprint density at radius 3 is 2.73 bits per heavy atom. The number of nitrogens with zero attached hydrogens (tertiary/aromatic N) is 6. The molecule has 0 spiro atoms. The highest BCUT2D eigenvalue weighted by molar-refractivity contribution is 5.85. The minimum Gasteiger partial charge on any atom is -0.465 e. The molecule has 1 aromatic carbocycles. The first-order chi connectivity index (χ1) is 19.3. The van der Waals surface area contributed by atoms with E-state index in [4.69, 9.17) is 15.5 Å². The van der Waals surface area contributed by atoms with Gasteiger partial charge in [-0.05, 0) is 45.1 Å². The third-order valence-electron chi connectivity index (χ3n) is 7.10. The molecule has 1 aliphatic heterocycles. The predicted molar refractivity (Wildman–Crippen MR) is 153 cm³/mol. The van der Waals surface area contributed by atoms with Gasteiger partial charge >= 0.3 is 11.7 Å². The Balaban J connectivity index is 1.78. The number of aromatic nitrogens is 5. The van der Waals surface area contributed by atoms with Gasteiger partial charge in [0.2, 0.25) is 5.95 Å². The number of imidazole rings is 1. The van der Waals surface area contributed by atoms with Gasteiger partial charge in [-0.3, -0.25) is 28.3 Å². The summed E-state index contributed by atoms with van der Waals surface area (Å²) in [7, 11) is 0. The number of hydrogen-bond acceptors (Lipinski definition) is 8. The zero-order chi connectivity index (χ0) is 28.4. The van der Waals surface area contributed by atoms with Crippen LogP contribution in [0, 0.1) is 18.8 Å². The Morgan fingerprint density at radius 2 is 1.98 bits per heavy atom. The molecule has 1 fully saturated rings. The molecule has 5 rings (SSSR count). The molecule has 1 aliphatic rings. The van der Waals surface area contributed by atoms with Crippen molar-refractivity contribution in [2.45, 2.75) is 59.3 Å². The van der Waals surface area contributed by atoms with Crippen LogP contribution < -0.4 is 21.9 Å². The number of carbonyl (C=O) groups excluding carboxylic acids is 1. The van der Waals surface area contributed by atoms with E-state index in [1.165, 1.54) is 4.57 Å². The monoisotopic (exact) mass is 543 g/mol. The molecule has 40 heavy (non-hydrogen) atoms. The summed E-state index contributed by atoms with van der Waals surface area (Å²) in [6.45, 7) is 6.42. The van der Waals surface area contributed by atoms with Gasteiger partial charge in [0.25, 0.3) is 5.56 Å². The third kappa shape index (κ3) is 5.10. The van der Waals surface area contributed by atoms with E-state index in [2.05, 4.69) is 16.8 Å². The van der Waals surface area contributed by atoms with E-state index < -0.39 is 17.2 Å².